The Morgan fingerprint density at radius 1 is 1.24 bits per heavy atom. The molecule has 5 nitrogen and oxygen atoms in total. The number of aryl methyl sites for hydroxylation is 2. The predicted molar refractivity (Wildman–Crippen MR) is 83.0 cm³/mol. The van der Waals surface area contributed by atoms with E-state index in [0.717, 1.165) is 24.0 Å². The highest BCUT2D eigenvalue weighted by Crippen LogP contribution is 2.29. The van der Waals surface area contributed by atoms with Crippen LogP contribution in [0.25, 0.3) is 0 Å². The molecule has 118 valence electrons. The molecule has 2 rings (SSSR count). The fourth-order valence-electron chi connectivity index (χ4n) is 2.79. The predicted octanol–water partition coefficient (Wildman–Crippen LogP) is 1.67. The van der Waals surface area contributed by atoms with E-state index in [0.29, 0.717) is 36.2 Å². The molecule has 1 aliphatic rings. The van der Waals surface area contributed by atoms with Gasteiger partial charge in [-0.1, -0.05) is 0 Å². The van der Waals surface area contributed by atoms with Crippen LogP contribution in [0.15, 0.2) is 17.0 Å². The fraction of sp³-hybridized carbons (Fsp3) is 0.600. The van der Waals surface area contributed by atoms with Crippen molar-refractivity contribution < 1.29 is 13.2 Å². The highest BCUT2D eigenvalue weighted by Gasteiger charge is 2.30. The lowest BCUT2D eigenvalue weighted by atomic mass is 9.99. The Morgan fingerprint density at radius 3 is 2.38 bits per heavy atom. The maximum Gasteiger partial charge on any atom is 0.243 e. The summed E-state index contributed by atoms with van der Waals surface area (Å²) in [6.45, 7) is 5.40. The number of rotatable bonds is 4. The van der Waals surface area contributed by atoms with E-state index in [9.17, 15) is 8.42 Å². The van der Waals surface area contributed by atoms with Crippen molar-refractivity contribution in [3.63, 3.8) is 0 Å². The van der Waals surface area contributed by atoms with Gasteiger partial charge in [-0.15, -0.1) is 0 Å². The van der Waals surface area contributed by atoms with Crippen molar-refractivity contribution in [2.45, 2.75) is 31.6 Å². The number of nitrogens with zero attached hydrogens (tertiary/aromatic N) is 1. The van der Waals surface area contributed by atoms with Crippen molar-refractivity contribution in [3.05, 3.63) is 23.3 Å². The first kappa shape index (κ1) is 16.3. The molecule has 0 spiro atoms. The first-order valence-electron chi connectivity index (χ1n) is 7.25. The average molecular weight is 312 g/mol. The zero-order valence-corrected chi connectivity index (χ0v) is 13.7. The normalized spacial score (nSPS) is 17.9. The number of hydrogen-bond donors (Lipinski definition) is 1. The highest BCUT2D eigenvalue weighted by atomic mass is 32.2. The van der Waals surface area contributed by atoms with Gasteiger partial charge in [0.1, 0.15) is 5.75 Å². The number of nitrogens with two attached hydrogens (primary N) is 1. The molecule has 1 saturated heterocycles. The smallest absolute Gasteiger partial charge is 0.243 e. The van der Waals surface area contributed by atoms with E-state index in [4.69, 9.17) is 10.5 Å². The van der Waals surface area contributed by atoms with Gasteiger partial charge in [0, 0.05) is 13.1 Å². The molecule has 0 amide bonds. The van der Waals surface area contributed by atoms with Crippen LogP contribution in [-0.2, 0) is 10.0 Å². The molecule has 0 aromatic heterocycles. The number of piperidine rings is 1. The van der Waals surface area contributed by atoms with Crippen molar-refractivity contribution >= 4 is 10.0 Å². The second-order valence-corrected chi connectivity index (χ2v) is 7.58. The van der Waals surface area contributed by atoms with Crippen LogP contribution in [0.4, 0.5) is 0 Å². The zero-order chi connectivity index (χ0) is 15.6. The van der Waals surface area contributed by atoms with E-state index in [2.05, 4.69) is 0 Å². The van der Waals surface area contributed by atoms with Crippen LogP contribution < -0.4 is 10.5 Å². The number of ether oxygens (including phenoxy) is 1. The zero-order valence-electron chi connectivity index (χ0n) is 12.9. The van der Waals surface area contributed by atoms with Crippen molar-refractivity contribution in [1.82, 2.24) is 4.31 Å². The molecule has 1 heterocycles. The maximum absolute atomic E-state index is 12.8. The van der Waals surface area contributed by atoms with E-state index in [-0.39, 0.29) is 0 Å². The number of hydrogen-bond acceptors (Lipinski definition) is 4. The summed E-state index contributed by atoms with van der Waals surface area (Å²) >= 11 is 0. The highest BCUT2D eigenvalue weighted by molar-refractivity contribution is 7.89. The van der Waals surface area contributed by atoms with Crippen molar-refractivity contribution in [2.24, 2.45) is 11.7 Å². The third kappa shape index (κ3) is 3.22. The number of sulfonamides is 1. The summed E-state index contributed by atoms with van der Waals surface area (Å²) in [4.78, 5) is 0.381. The van der Waals surface area contributed by atoms with E-state index >= 15 is 0 Å². The van der Waals surface area contributed by atoms with Crippen molar-refractivity contribution in [3.8, 4) is 5.75 Å². The summed E-state index contributed by atoms with van der Waals surface area (Å²) in [5.74, 6) is 1.16. The maximum atomic E-state index is 12.8. The van der Waals surface area contributed by atoms with Gasteiger partial charge in [-0.25, -0.2) is 8.42 Å². The minimum absolute atomic E-state index is 0.381. The van der Waals surface area contributed by atoms with Crippen LogP contribution in [0.1, 0.15) is 24.0 Å². The lowest BCUT2D eigenvalue weighted by molar-refractivity contribution is 0.278. The fourth-order valence-corrected chi connectivity index (χ4v) is 4.55. The molecule has 0 saturated carbocycles. The summed E-state index contributed by atoms with van der Waals surface area (Å²) in [6, 6.07) is 3.49. The first-order valence-corrected chi connectivity index (χ1v) is 8.69. The van der Waals surface area contributed by atoms with Gasteiger partial charge in [0.2, 0.25) is 10.0 Å². The van der Waals surface area contributed by atoms with Crippen LogP contribution in [0.5, 0.6) is 5.75 Å². The summed E-state index contributed by atoms with van der Waals surface area (Å²) in [5.41, 5.74) is 7.22. The standard InChI is InChI=1S/C15H24N2O3S/c1-11-9-15(12(2)8-14(11)20-3)21(18,19)17-6-4-13(10-16)5-7-17/h8-9,13H,4-7,10,16H2,1-3H3. The van der Waals surface area contributed by atoms with Crippen LogP contribution in [-0.4, -0.2) is 39.5 Å². The molecular weight excluding hydrogens is 288 g/mol. The molecule has 0 atom stereocenters. The van der Waals surface area contributed by atoms with E-state index in [1.165, 1.54) is 0 Å². The average Bonchev–Trinajstić information content (AvgIpc) is 2.49. The van der Waals surface area contributed by atoms with Gasteiger partial charge in [-0.2, -0.15) is 4.31 Å². The SMILES string of the molecule is COc1cc(C)c(S(=O)(=O)N2CCC(CN)CC2)cc1C. The summed E-state index contributed by atoms with van der Waals surface area (Å²) in [5, 5.41) is 0. The monoisotopic (exact) mass is 312 g/mol. The topological polar surface area (TPSA) is 72.6 Å². The van der Waals surface area contributed by atoms with E-state index in [1.54, 1.807) is 23.5 Å². The molecule has 1 aromatic rings. The third-order valence-electron chi connectivity index (χ3n) is 4.22. The van der Waals surface area contributed by atoms with E-state index in [1.807, 2.05) is 13.8 Å². The Bertz CT molecular complexity index is 606. The summed E-state index contributed by atoms with van der Waals surface area (Å²) in [6.07, 6.45) is 1.67. The summed E-state index contributed by atoms with van der Waals surface area (Å²) in [7, 11) is -1.84. The lowest BCUT2D eigenvalue weighted by Gasteiger charge is -2.31. The van der Waals surface area contributed by atoms with Crippen molar-refractivity contribution in [2.75, 3.05) is 26.7 Å². The van der Waals surface area contributed by atoms with Gasteiger partial charge in [0.25, 0.3) is 0 Å². The van der Waals surface area contributed by atoms with Crippen LogP contribution in [0, 0.1) is 19.8 Å². The first-order chi connectivity index (χ1) is 9.90. The van der Waals surface area contributed by atoms with Gasteiger partial charge >= 0.3 is 0 Å². The van der Waals surface area contributed by atoms with E-state index < -0.39 is 10.0 Å². The molecule has 0 aliphatic carbocycles. The third-order valence-corrected chi connectivity index (χ3v) is 6.26. The van der Waals surface area contributed by atoms with Crippen LogP contribution in [0.3, 0.4) is 0 Å². The number of methoxy groups -OCH3 is 1. The lowest BCUT2D eigenvalue weighted by Crippen LogP contribution is -2.40. The van der Waals surface area contributed by atoms with Gasteiger partial charge < -0.3 is 10.5 Å². The molecule has 2 N–H and O–H groups in total. The Morgan fingerprint density at radius 2 is 1.86 bits per heavy atom. The second-order valence-electron chi connectivity index (χ2n) is 5.67. The molecular formula is C15H24N2O3S. The van der Waals surface area contributed by atoms with Gasteiger partial charge in [0.05, 0.1) is 12.0 Å². The minimum atomic E-state index is -3.43. The Hall–Kier alpha value is -1.11. The molecule has 1 fully saturated rings. The molecule has 0 bridgehead atoms. The largest absolute Gasteiger partial charge is 0.496 e. The van der Waals surface area contributed by atoms with Gasteiger partial charge in [-0.3, -0.25) is 0 Å². The molecule has 21 heavy (non-hydrogen) atoms. The van der Waals surface area contributed by atoms with Crippen molar-refractivity contribution in [1.29, 1.82) is 0 Å². The molecule has 0 unspecified atom stereocenters. The van der Waals surface area contributed by atoms with Gasteiger partial charge in [-0.05, 0) is 62.4 Å². The molecule has 0 radical (unpaired) electrons. The van der Waals surface area contributed by atoms with Crippen LogP contribution in [0.2, 0.25) is 0 Å². The second kappa shape index (κ2) is 6.34. The van der Waals surface area contributed by atoms with Crippen LogP contribution >= 0.6 is 0 Å². The quantitative estimate of drug-likeness (QED) is 0.918. The molecule has 1 aromatic carbocycles. The summed E-state index contributed by atoms with van der Waals surface area (Å²) < 4.78 is 32.4. The Labute approximate surface area is 127 Å². The molecule has 6 heteroatoms. The molecule has 1 aliphatic heterocycles. The Kier molecular flexibility index (Phi) is 4.91. The minimum Gasteiger partial charge on any atom is -0.496 e. The Balaban J connectivity index is 2.30. The number of benzene rings is 1. The van der Waals surface area contributed by atoms with Gasteiger partial charge in [0.15, 0.2) is 0 Å².